The number of ether oxygens (including phenoxy) is 2. The molecule has 7 heteroatoms. The lowest BCUT2D eigenvalue weighted by atomic mass is 9.84. The van der Waals surface area contributed by atoms with Crippen LogP contribution in [0.1, 0.15) is 80.2 Å². The van der Waals surface area contributed by atoms with Crippen LogP contribution >= 0.6 is 12.6 Å². The molecule has 183 valence electrons. The van der Waals surface area contributed by atoms with E-state index in [2.05, 4.69) is 45.3 Å². The molecule has 1 radical (unpaired) electrons. The summed E-state index contributed by atoms with van der Waals surface area (Å²) >= 11 is 4.52. The molecule has 1 N–H and O–H groups in total. The van der Waals surface area contributed by atoms with Gasteiger partial charge in [0.1, 0.15) is 0 Å². The maximum absolute atomic E-state index is 11.2. The van der Waals surface area contributed by atoms with Crippen molar-refractivity contribution in [1.29, 1.82) is 0 Å². The van der Waals surface area contributed by atoms with E-state index in [0.29, 0.717) is 11.5 Å². The Bertz CT molecular complexity index is 736. The number of rotatable bonds is 10. The molecule has 2 heterocycles. The summed E-state index contributed by atoms with van der Waals surface area (Å²) in [5.41, 5.74) is 1.04. The van der Waals surface area contributed by atoms with Crippen molar-refractivity contribution in [2.24, 2.45) is 11.8 Å². The van der Waals surface area contributed by atoms with Gasteiger partial charge in [-0.15, -0.1) is 0 Å². The van der Waals surface area contributed by atoms with Crippen LogP contribution in [0.15, 0.2) is 17.1 Å². The van der Waals surface area contributed by atoms with Gasteiger partial charge >= 0.3 is 7.48 Å². The van der Waals surface area contributed by atoms with Crippen molar-refractivity contribution in [2.75, 3.05) is 19.8 Å². The van der Waals surface area contributed by atoms with E-state index in [9.17, 15) is 4.79 Å². The van der Waals surface area contributed by atoms with Gasteiger partial charge in [-0.05, 0) is 58.3 Å². The topological polar surface area (TPSA) is 60.6 Å². The minimum Gasteiger partial charge on any atom is -0.428 e. The Hall–Kier alpha value is -0.755. The van der Waals surface area contributed by atoms with Crippen LogP contribution in [-0.4, -0.2) is 48.2 Å². The second kappa shape index (κ2) is 12.6. The Morgan fingerprint density at radius 2 is 1.94 bits per heavy atom. The predicted molar refractivity (Wildman–Crippen MR) is 138 cm³/mol. The van der Waals surface area contributed by atoms with Crippen molar-refractivity contribution < 1.29 is 14.1 Å². The van der Waals surface area contributed by atoms with Crippen LogP contribution in [0, 0.1) is 18.8 Å². The minimum atomic E-state index is -0.403. The first-order valence-electron chi connectivity index (χ1n) is 11.9. The highest BCUT2D eigenvalue weighted by Crippen LogP contribution is 2.32. The highest BCUT2D eigenvalue weighted by Gasteiger charge is 2.39. The SMILES string of the molecule is CCC(C)CCOC1(C(C)C)CCOC1.Cc1cc([B]OC(C)(C)C(C)(C)S)c[nH]c1=O. The standard InChI is InChI=1S/C13H26O2.C12H19BNO2S/c1-5-12(4)6-8-15-13(11(2)3)7-9-14-10-13;1-8-6-9(7-14-10(8)15)13-16-11(2,3)12(4,5)17/h11-12H,5-10H2,1-4H3;6-7,17H,1-5H3,(H,14,15). The Morgan fingerprint density at radius 1 is 1.28 bits per heavy atom. The highest BCUT2D eigenvalue weighted by atomic mass is 32.1. The van der Waals surface area contributed by atoms with Crippen LogP contribution in [0.5, 0.6) is 0 Å². The smallest absolute Gasteiger partial charge is 0.332 e. The largest absolute Gasteiger partial charge is 0.428 e. The van der Waals surface area contributed by atoms with Gasteiger partial charge in [0.05, 0.1) is 17.8 Å². The average molecular weight is 467 g/mol. The normalized spacial score (nSPS) is 20.1. The minimum absolute atomic E-state index is 0.00740. The summed E-state index contributed by atoms with van der Waals surface area (Å²) in [5.74, 6) is 1.33. The molecule has 32 heavy (non-hydrogen) atoms. The van der Waals surface area contributed by atoms with Gasteiger partial charge in [-0.2, -0.15) is 12.6 Å². The Morgan fingerprint density at radius 3 is 2.41 bits per heavy atom. The number of aryl methyl sites for hydroxylation is 1. The highest BCUT2D eigenvalue weighted by molar-refractivity contribution is 7.81. The number of hydrogen-bond acceptors (Lipinski definition) is 5. The van der Waals surface area contributed by atoms with Crippen LogP contribution in [0.3, 0.4) is 0 Å². The number of aromatic nitrogens is 1. The average Bonchev–Trinajstić information content (AvgIpc) is 3.19. The molecule has 0 aromatic carbocycles. The van der Waals surface area contributed by atoms with Gasteiger partial charge in [0.25, 0.3) is 5.56 Å². The fourth-order valence-electron chi connectivity index (χ4n) is 3.01. The fourth-order valence-corrected chi connectivity index (χ4v) is 3.07. The number of aromatic amines is 1. The number of nitrogens with one attached hydrogen (secondary N) is 1. The van der Waals surface area contributed by atoms with Gasteiger partial charge in [0.15, 0.2) is 0 Å². The molecule has 2 unspecified atom stereocenters. The summed E-state index contributed by atoms with van der Waals surface area (Å²) in [4.78, 5) is 13.9. The Balaban J connectivity index is 0.000000323. The maximum atomic E-state index is 11.2. The monoisotopic (exact) mass is 466 g/mol. The first-order valence-corrected chi connectivity index (χ1v) is 12.3. The molecule has 0 aliphatic carbocycles. The zero-order chi connectivity index (χ0) is 24.6. The molecule has 5 nitrogen and oxygen atoms in total. The molecule has 1 aliphatic heterocycles. The summed E-state index contributed by atoms with van der Waals surface area (Å²) < 4.78 is 17.1. The van der Waals surface area contributed by atoms with Gasteiger partial charge in [0.2, 0.25) is 0 Å². The van der Waals surface area contributed by atoms with Crippen LogP contribution < -0.4 is 11.0 Å². The van der Waals surface area contributed by atoms with Gasteiger partial charge in [-0.1, -0.05) is 40.2 Å². The van der Waals surface area contributed by atoms with E-state index in [0.717, 1.165) is 37.6 Å². The van der Waals surface area contributed by atoms with E-state index < -0.39 is 5.60 Å². The van der Waals surface area contributed by atoms with Crippen molar-refractivity contribution in [2.45, 2.75) is 97.5 Å². The van der Waals surface area contributed by atoms with Crippen molar-refractivity contribution in [1.82, 2.24) is 4.98 Å². The van der Waals surface area contributed by atoms with Crippen molar-refractivity contribution >= 4 is 25.6 Å². The summed E-state index contributed by atoms with van der Waals surface area (Å²) in [6.45, 7) is 21.3. The van der Waals surface area contributed by atoms with Crippen molar-refractivity contribution in [3.8, 4) is 0 Å². The fraction of sp³-hybridized carbons (Fsp3) is 0.800. The van der Waals surface area contributed by atoms with E-state index in [4.69, 9.17) is 14.1 Å². The molecule has 0 spiro atoms. The maximum Gasteiger partial charge on any atom is 0.332 e. The Kier molecular flexibility index (Phi) is 11.6. The third-order valence-corrected chi connectivity index (χ3v) is 7.38. The predicted octanol–water partition coefficient (Wildman–Crippen LogP) is 4.69. The lowest BCUT2D eigenvalue weighted by molar-refractivity contribution is -0.0833. The summed E-state index contributed by atoms with van der Waals surface area (Å²) in [7, 11) is 1.65. The first-order chi connectivity index (χ1) is 14.7. The third kappa shape index (κ3) is 8.88. The molecule has 1 saturated heterocycles. The molecular weight excluding hydrogens is 421 g/mol. The van der Waals surface area contributed by atoms with Crippen molar-refractivity contribution in [3.05, 3.63) is 28.2 Å². The van der Waals surface area contributed by atoms with E-state index in [-0.39, 0.29) is 15.9 Å². The van der Waals surface area contributed by atoms with Gasteiger partial charge < -0.3 is 19.1 Å². The molecule has 0 saturated carbocycles. The molecule has 1 aliphatic rings. The Labute approximate surface area is 202 Å². The summed E-state index contributed by atoms with van der Waals surface area (Å²) in [5, 5.41) is 0. The zero-order valence-electron chi connectivity index (χ0n) is 21.7. The first kappa shape index (κ1) is 29.3. The number of pyridine rings is 1. The summed E-state index contributed by atoms with van der Waals surface area (Å²) in [6, 6.07) is 1.79. The molecule has 0 amide bonds. The molecule has 2 atom stereocenters. The molecule has 2 rings (SSSR count). The quantitative estimate of drug-likeness (QED) is 0.388. The molecule has 1 aromatic heterocycles. The van der Waals surface area contributed by atoms with Crippen LogP contribution in [0.2, 0.25) is 0 Å². The zero-order valence-corrected chi connectivity index (χ0v) is 22.6. The van der Waals surface area contributed by atoms with Gasteiger partial charge in [-0.25, -0.2) is 0 Å². The van der Waals surface area contributed by atoms with Gasteiger partial charge in [0, 0.05) is 36.1 Å². The molecular formula is C25H45BNO4S. The molecule has 0 bridgehead atoms. The van der Waals surface area contributed by atoms with Gasteiger partial charge in [-0.3, -0.25) is 4.79 Å². The lowest BCUT2D eigenvalue weighted by Gasteiger charge is -2.38. The van der Waals surface area contributed by atoms with Crippen LogP contribution in [0.4, 0.5) is 0 Å². The van der Waals surface area contributed by atoms with Crippen LogP contribution in [-0.2, 0) is 14.1 Å². The van der Waals surface area contributed by atoms with E-state index in [1.807, 2.05) is 27.7 Å². The van der Waals surface area contributed by atoms with E-state index in [1.165, 1.54) is 12.8 Å². The molecule has 1 fully saturated rings. The van der Waals surface area contributed by atoms with Crippen LogP contribution in [0.25, 0.3) is 0 Å². The number of thiol groups is 1. The molecule has 1 aromatic rings. The third-order valence-electron chi connectivity index (χ3n) is 6.84. The van der Waals surface area contributed by atoms with E-state index >= 15 is 0 Å². The van der Waals surface area contributed by atoms with E-state index in [1.54, 1.807) is 26.7 Å². The lowest BCUT2D eigenvalue weighted by Crippen LogP contribution is -2.46. The second-order valence-electron chi connectivity index (χ2n) is 10.4. The summed E-state index contributed by atoms with van der Waals surface area (Å²) in [6.07, 6.45) is 5.11. The number of H-pyrrole nitrogens is 1. The number of hydrogen-bond donors (Lipinski definition) is 2. The second-order valence-corrected chi connectivity index (χ2v) is 11.5. The van der Waals surface area contributed by atoms with Crippen molar-refractivity contribution in [3.63, 3.8) is 0 Å².